The number of para-hydroxylation sites is 1. The Morgan fingerprint density at radius 1 is 0.932 bits per heavy atom. The molecule has 1 aliphatic heterocycles. The van der Waals surface area contributed by atoms with E-state index in [1.165, 1.54) is 5.56 Å². The van der Waals surface area contributed by atoms with E-state index in [2.05, 4.69) is 32.5 Å². The van der Waals surface area contributed by atoms with Crippen LogP contribution in [0.15, 0.2) is 97.5 Å². The lowest BCUT2D eigenvalue weighted by molar-refractivity contribution is -0.133. The molecule has 5 aromatic rings. The zero-order valence-corrected chi connectivity index (χ0v) is 24.6. The molecule has 1 saturated heterocycles. The summed E-state index contributed by atoms with van der Waals surface area (Å²) in [4.78, 5) is 35.5. The Morgan fingerprint density at radius 2 is 1.73 bits per heavy atom. The van der Waals surface area contributed by atoms with E-state index >= 15 is 0 Å². The van der Waals surface area contributed by atoms with E-state index in [9.17, 15) is 9.59 Å². The number of ether oxygens (including phenoxy) is 1. The number of piperazine rings is 1. The molecule has 1 aliphatic rings. The number of aromatic amines is 1. The van der Waals surface area contributed by atoms with Gasteiger partial charge in [-0.2, -0.15) is 5.10 Å². The monoisotopic (exact) mass is 589 g/mol. The number of nitrogens with one attached hydrogen (secondary N) is 2. The number of H-pyrrole nitrogens is 1. The molecule has 6 rings (SSSR count). The number of carbonyl (C=O) groups excluding carboxylic acids is 2. The van der Waals surface area contributed by atoms with Crippen molar-refractivity contribution < 1.29 is 14.3 Å². The van der Waals surface area contributed by atoms with Gasteiger partial charge in [-0.3, -0.25) is 29.5 Å². The van der Waals surface area contributed by atoms with Crippen molar-refractivity contribution in [3.63, 3.8) is 0 Å². The van der Waals surface area contributed by atoms with Crippen LogP contribution < -0.4 is 10.1 Å². The van der Waals surface area contributed by atoms with Crippen molar-refractivity contribution in [3.8, 4) is 22.6 Å². The third-order valence-corrected chi connectivity index (χ3v) is 7.86. The predicted octanol–water partition coefficient (Wildman–Crippen LogP) is 4.80. The average molecular weight is 590 g/mol. The Kier molecular flexibility index (Phi) is 8.79. The van der Waals surface area contributed by atoms with E-state index in [0.29, 0.717) is 37.4 Å². The predicted molar refractivity (Wildman–Crippen MR) is 169 cm³/mol. The number of benzene rings is 3. The fraction of sp³-hybridized carbons (Fsp3) is 0.235. The summed E-state index contributed by atoms with van der Waals surface area (Å²) in [5, 5.41) is 9.79. The highest BCUT2D eigenvalue weighted by Gasteiger charge is 2.22. The lowest BCUT2D eigenvalue weighted by Gasteiger charge is -2.34. The van der Waals surface area contributed by atoms with Crippen LogP contribution in [-0.2, 0) is 17.8 Å². The summed E-state index contributed by atoms with van der Waals surface area (Å²) >= 11 is 0. The third kappa shape index (κ3) is 6.87. The van der Waals surface area contributed by atoms with Crippen molar-refractivity contribution in [2.24, 2.45) is 0 Å². The number of imidazole rings is 1. The van der Waals surface area contributed by atoms with Gasteiger partial charge in [0.15, 0.2) is 0 Å². The van der Waals surface area contributed by atoms with Crippen LogP contribution in [-0.4, -0.2) is 74.7 Å². The second kappa shape index (κ2) is 13.4. The maximum Gasteiger partial charge on any atom is 0.258 e. The summed E-state index contributed by atoms with van der Waals surface area (Å²) in [6.45, 7) is 3.92. The van der Waals surface area contributed by atoms with Crippen LogP contribution in [0.5, 0.6) is 5.75 Å². The van der Waals surface area contributed by atoms with Gasteiger partial charge in [-0.15, -0.1) is 0 Å². The summed E-state index contributed by atoms with van der Waals surface area (Å²) in [7, 11) is 1.67. The number of rotatable bonds is 10. The second-order valence-corrected chi connectivity index (χ2v) is 10.8. The molecule has 2 N–H and O–H groups in total. The van der Waals surface area contributed by atoms with E-state index < -0.39 is 0 Å². The minimum absolute atomic E-state index is 0.116. The quantitative estimate of drug-likeness (QED) is 0.242. The maximum absolute atomic E-state index is 13.3. The Bertz CT molecular complexity index is 1690. The fourth-order valence-electron chi connectivity index (χ4n) is 5.38. The van der Waals surface area contributed by atoms with Gasteiger partial charge in [0.25, 0.3) is 5.91 Å². The van der Waals surface area contributed by atoms with Crippen LogP contribution in [0.2, 0.25) is 0 Å². The fourth-order valence-corrected chi connectivity index (χ4v) is 5.38. The molecule has 2 aromatic heterocycles. The first kappa shape index (κ1) is 28.9. The molecule has 1 fully saturated rings. The number of methoxy groups -OCH3 is 1. The zero-order chi connectivity index (χ0) is 30.3. The molecule has 0 bridgehead atoms. The number of anilines is 1. The van der Waals surface area contributed by atoms with Crippen molar-refractivity contribution in [3.05, 3.63) is 114 Å². The lowest BCUT2D eigenvalue weighted by Crippen LogP contribution is -2.48. The summed E-state index contributed by atoms with van der Waals surface area (Å²) < 4.78 is 7.11. The molecule has 2 amide bonds. The van der Waals surface area contributed by atoms with Crippen molar-refractivity contribution in [2.45, 2.75) is 19.4 Å². The van der Waals surface area contributed by atoms with Gasteiger partial charge in [0, 0.05) is 74.8 Å². The molecular formula is C34H35N7O3. The standard InChI is InChI=1S/C34H35N7O3/c1-44-31-13-10-25(11-14-31)23-39-16-18-40(19-17-39)32(42)15-12-29-24-41(30-8-3-2-4-9-30)34(37-29)38-33(43)27-7-5-6-26(20-27)28-21-35-36-22-28/h2-11,13-14,20-22,24H,12,15-19,23H2,1H3,(H,35,36)(H,37,38,43). The van der Waals surface area contributed by atoms with Gasteiger partial charge in [-0.05, 0) is 47.5 Å². The molecule has 3 heterocycles. The molecule has 0 radical (unpaired) electrons. The van der Waals surface area contributed by atoms with Crippen molar-refractivity contribution in [1.82, 2.24) is 29.5 Å². The summed E-state index contributed by atoms with van der Waals surface area (Å²) in [6.07, 6.45) is 6.23. The molecule has 0 aliphatic carbocycles. The van der Waals surface area contributed by atoms with Crippen molar-refractivity contribution in [1.29, 1.82) is 0 Å². The average Bonchev–Trinajstić information content (AvgIpc) is 3.76. The zero-order valence-electron chi connectivity index (χ0n) is 24.6. The number of carbonyl (C=O) groups is 2. The Hall–Kier alpha value is -5.22. The van der Waals surface area contributed by atoms with Gasteiger partial charge in [-0.1, -0.05) is 42.5 Å². The van der Waals surface area contributed by atoms with E-state index in [1.807, 2.05) is 76.3 Å². The van der Waals surface area contributed by atoms with Crippen LogP contribution in [0.25, 0.3) is 16.8 Å². The molecule has 0 spiro atoms. The van der Waals surface area contributed by atoms with Gasteiger partial charge >= 0.3 is 0 Å². The van der Waals surface area contributed by atoms with Crippen LogP contribution in [0.1, 0.15) is 28.0 Å². The Labute approximate surface area is 256 Å². The topological polar surface area (TPSA) is 108 Å². The van der Waals surface area contributed by atoms with Crippen molar-refractivity contribution in [2.75, 3.05) is 38.6 Å². The molecule has 224 valence electrons. The highest BCUT2D eigenvalue weighted by atomic mass is 16.5. The number of nitrogens with zero attached hydrogens (tertiary/aromatic N) is 5. The Morgan fingerprint density at radius 3 is 2.45 bits per heavy atom. The van der Waals surface area contributed by atoms with Gasteiger partial charge in [-0.25, -0.2) is 4.98 Å². The summed E-state index contributed by atoms with van der Waals surface area (Å²) in [5.74, 6) is 1.10. The first-order chi connectivity index (χ1) is 21.6. The van der Waals surface area contributed by atoms with Crippen LogP contribution in [0.4, 0.5) is 5.95 Å². The maximum atomic E-state index is 13.3. The molecular weight excluding hydrogens is 554 g/mol. The van der Waals surface area contributed by atoms with Crippen molar-refractivity contribution >= 4 is 17.8 Å². The lowest BCUT2D eigenvalue weighted by atomic mass is 10.1. The molecule has 0 saturated carbocycles. The number of aromatic nitrogens is 4. The molecule has 0 unspecified atom stereocenters. The van der Waals surface area contributed by atoms with E-state index in [1.54, 1.807) is 25.6 Å². The van der Waals surface area contributed by atoms with Gasteiger partial charge < -0.3 is 9.64 Å². The first-order valence-corrected chi connectivity index (χ1v) is 14.7. The van der Waals surface area contributed by atoms with Gasteiger partial charge in [0.2, 0.25) is 11.9 Å². The van der Waals surface area contributed by atoms with Gasteiger partial charge in [0.1, 0.15) is 5.75 Å². The number of hydrogen-bond acceptors (Lipinski definition) is 6. The molecule has 10 nitrogen and oxygen atoms in total. The van der Waals surface area contributed by atoms with Crippen LogP contribution >= 0.6 is 0 Å². The SMILES string of the molecule is COc1ccc(CN2CCN(C(=O)CCc3cn(-c4ccccc4)c(NC(=O)c4cccc(-c5cn[nH]c5)c4)n3)CC2)cc1. The minimum Gasteiger partial charge on any atom is -0.497 e. The molecule has 3 aromatic carbocycles. The normalized spacial score (nSPS) is 13.5. The van der Waals surface area contributed by atoms with Gasteiger partial charge in [0.05, 0.1) is 19.0 Å². The summed E-state index contributed by atoms with van der Waals surface area (Å²) in [6, 6.07) is 25.2. The van der Waals surface area contributed by atoms with Crippen LogP contribution in [0.3, 0.4) is 0 Å². The largest absolute Gasteiger partial charge is 0.497 e. The molecule has 10 heteroatoms. The minimum atomic E-state index is -0.270. The van der Waals surface area contributed by atoms with Crippen LogP contribution in [0, 0.1) is 0 Å². The highest BCUT2D eigenvalue weighted by molar-refractivity contribution is 6.04. The number of amides is 2. The summed E-state index contributed by atoms with van der Waals surface area (Å²) in [5.41, 5.74) is 5.13. The third-order valence-electron chi connectivity index (χ3n) is 7.86. The van der Waals surface area contributed by atoms with E-state index in [-0.39, 0.29) is 11.8 Å². The number of aryl methyl sites for hydroxylation is 1. The second-order valence-electron chi connectivity index (χ2n) is 10.8. The first-order valence-electron chi connectivity index (χ1n) is 14.7. The Balaban J connectivity index is 1.08. The molecule has 0 atom stereocenters. The highest BCUT2D eigenvalue weighted by Crippen LogP contribution is 2.22. The van der Waals surface area contributed by atoms with E-state index in [0.717, 1.165) is 47.9 Å². The smallest absolute Gasteiger partial charge is 0.258 e. The number of hydrogen-bond donors (Lipinski definition) is 2. The molecule has 44 heavy (non-hydrogen) atoms. The van der Waals surface area contributed by atoms with E-state index in [4.69, 9.17) is 9.72 Å².